The molecule has 0 saturated heterocycles. The summed E-state index contributed by atoms with van der Waals surface area (Å²) >= 11 is 0. The molecule has 0 atom stereocenters. The molecular formula is C59H38N4O. The highest BCUT2D eigenvalue weighted by molar-refractivity contribution is 6.12. The van der Waals surface area contributed by atoms with Crippen LogP contribution in [0.4, 0.5) is 17.3 Å². The Morgan fingerprint density at radius 2 is 0.891 bits per heavy atom. The predicted octanol–water partition coefficient (Wildman–Crippen LogP) is 14.8. The van der Waals surface area contributed by atoms with Gasteiger partial charge in [0.1, 0.15) is 11.5 Å². The Morgan fingerprint density at radius 3 is 1.53 bits per heavy atom. The molecule has 2 aromatic heterocycles. The van der Waals surface area contributed by atoms with Gasteiger partial charge in [-0.15, -0.1) is 0 Å². The van der Waals surface area contributed by atoms with Crippen molar-refractivity contribution in [1.29, 1.82) is 0 Å². The number of nitrogens with zero attached hydrogens (tertiary/aromatic N) is 4. The van der Waals surface area contributed by atoms with Crippen molar-refractivity contribution < 1.29 is 4.74 Å². The number of ether oxygens (including phenoxy) is 1. The molecule has 300 valence electrons. The van der Waals surface area contributed by atoms with Crippen LogP contribution in [-0.2, 0) is 5.41 Å². The summed E-state index contributed by atoms with van der Waals surface area (Å²) in [6, 6.07) is 82.0. The third kappa shape index (κ3) is 5.37. The van der Waals surface area contributed by atoms with Crippen LogP contribution >= 0.6 is 0 Å². The third-order valence-corrected chi connectivity index (χ3v) is 13.1. The van der Waals surface area contributed by atoms with E-state index in [0.717, 1.165) is 101 Å². The zero-order valence-electron chi connectivity index (χ0n) is 34.6. The standard InChI is InChI=1S/C59H38N4O/c1-5-19-39(20-6-1)42-33-34-53-48(35-42)59(46-28-14-17-31-56(46)64-57-32-18-15-29-47(57)59)49-36-45-44-27-13-16-30-52(44)62(43-25-11-4-12-26-43)54(45)38-55(49)63(53)58-60-50(40-21-7-2-8-22-40)37-51(61-58)41-23-9-3-10-24-41/h1-38H. The number of hydrogen-bond acceptors (Lipinski definition) is 4. The second-order valence-corrected chi connectivity index (χ2v) is 16.5. The van der Waals surface area contributed by atoms with Crippen molar-refractivity contribution in [3.63, 3.8) is 0 Å². The molecule has 0 bridgehead atoms. The normalized spacial score (nSPS) is 13.2. The third-order valence-electron chi connectivity index (χ3n) is 13.1. The van der Waals surface area contributed by atoms with Gasteiger partial charge >= 0.3 is 0 Å². The van der Waals surface area contributed by atoms with Gasteiger partial charge in [0.15, 0.2) is 0 Å². The Hall–Kier alpha value is -8.54. The zero-order valence-corrected chi connectivity index (χ0v) is 34.6. The van der Waals surface area contributed by atoms with Crippen LogP contribution in [0.5, 0.6) is 11.5 Å². The van der Waals surface area contributed by atoms with Crippen LogP contribution in [0.25, 0.3) is 61.1 Å². The summed E-state index contributed by atoms with van der Waals surface area (Å²) in [6.45, 7) is 0. The molecule has 0 fully saturated rings. The fraction of sp³-hybridized carbons (Fsp3) is 0.0169. The van der Waals surface area contributed by atoms with E-state index in [-0.39, 0.29) is 0 Å². The number of benzene rings is 9. The fourth-order valence-electron chi connectivity index (χ4n) is 10.3. The van der Waals surface area contributed by atoms with Crippen LogP contribution in [0.3, 0.4) is 0 Å². The molecular weight excluding hydrogens is 781 g/mol. The lowest BCUT2D eigenvalue weighted by Crippen LogP contribution is -2.40. The summed E-state index contributed by atoms with van der Waals surface area (Å²) in [5.74, 6) is 2.25. The average molecular weight is 819 g/mol. The molecule has 1 spiro atoms. The van der Waals surface area contributed by atoms with Gasteiger partial charge in [-0.1, -0.05) is 170 Å². The number of aromatic nitrogens is 3. The van der Waals surface area contributed by atoms with E-state index >= 15 is 0 Å². The van der Waals surface area contributed by atoms with E-state index in [9.17, 15) is 0 Å². The van der Waals surface area contributed by atoms with E-state index in [1.807, 2.05) is 12.1 Å². The summed E-state index contributed by atoms with van der Waals surface area (Å²) in [5, 5.41) is 2.34. The molecule has 0 amide bonds. The van der Waals surface area contributed by atoms with Crippen LogP contribution in [0.2, 0.25) is 0 Å². The first kappa shape index (κ1) is 36.1. The molecule has 0 radical (unpaired) electrons. The molecule has 4 heterocycles. The molecule has 9 aromatic carbocycles. The van der Waals surface area contributed by atoms with Crippen molar-refractivity contribution >= 4 is 39.1 Å². The maximum atomic E-state index is 6.87. The van der Waals surface area contributed by atoms with E-state index in [4.69, 9.17) is 14.7 Å². The predicted molar refractivity (Wildman–Crippen MR) is 259 cm³/mol. The number of rotatable bonds is 5. The maximum Gasteiger partial charge on any atom is 0.235 e. The van der Waals surface area contributed by atoms with E-state index in [1.54, 1.807) is 0 Å². The van der Waals surface area contributed by atoms with E-state index in [0.29, 0.717) is 5.95 Å². The smallest absolute Gasteiger partial charge is 0.235 e. The zero-order chi connectivity index (χ0) is 42.2. The second-order valence-electron chi connectivity index (χ2n) is 16.5. The monoisotopic (exact) mass is 818 g/mol. The fourth-order valence-corrected chi connectivity index (χ4v) is 10.3. The molecule has 0 unspecified atom stereocenters. The van der Waals surface area contributed by atoms with Gasteiger partial charge in [0.05, 0.1) is 39.2 Å². The molecule has 0 saturated carbocycles. The van der Waals surface area contributed by atoms with Crippen LogP contribution in [0.15, 0.2) is 231 Å². The lowest BCUT2D eigenvalue weighted by Gasteiger charge is -2.48. The summed E-state index contributed by atoms with van der Waals surface area (Å²) in [5.41, 5.74) is 14.9. The van der Waals surface area contributed by atoms with Crippen molar-refractivity contribution in [3.05, 3.63) is 253 Å². The first-order valence-corrected chi connectivity index (χ1v) is 21.7. The highest BCUT2D eigenvalue weighted by Crippen LogP contribution is 2.63. The topological polar surface area (TPSA) is 43.2 Å². The Kier molecular flexibility index (Phi) is 8.06. The molecule has 2 aliphatic heterocycles. The second kappa shape index (κ2) is 14.3. The van der Waals surface area contributed by atoms with Gasteiger partial charge in [-0.2, -0.15) is 0 Å². The SMILES string of the molecule is c1ccc(-c2ccc3c(c2)C2(c4ccccc4Oc4ccccc42)c2cc4c5ccccc5n(-c5ccccc5)c4cc2N3c2nc(-c3ccccc3)cc(-c3ccccc3)n2)cc1. The van der Waals surface area contributed by atoms with Gasteiger partial charge in [0, 0.05) is 38.7 Å². The quantitative estimate of drug-likeness (QED) is 0.173. The summed E-state index contributed by atoms with van der Waals surface area (Å²) in [7, 11) is 0. The van der Waals surface area contributed by atoms with Crippen LogP contribution in [0.1, 0.15) is 22.3 Å². The van der Waals surface area contributed by atoms with E-state index in [2.05, 4.69) is 228 Å². The highest BCUT2D eigenvalue weighted by atomic mass is 16.5. The number of para-hydroxylation sites is 4. The number of hydrogen-bond donors (Lipinski definition) is 0. The van der Waals surface area contributed by atoms with Crippen molar-refractivity contribution in [2.24, 2.45) is 0 Å². The van der Waals surface area contributed by atoms with Gasteiger partial charge in [-0.25, -0.2) is 9.97 Å². The minimum atomic E-state index is -0.819. The van der Waals surface area contributed by atoms with Crippen molar-refractivity contribution in [1.82, 2.24) is 14.5 Å². The van der Waals surface area contributed by atoms with Crippen LogP contribution in [-0.4, -0.2) is 14.5 Å². The Morgan fingerprint density at radius 1 is 0.359 bits per heavy atom. The van der Waals surface area contributed by atoms with Crippen molar-refractivity contribution in [2.75, 3.05) is 4.90 Å². The first-order valence-electron chi connectivity index (χ1n) is 21.7. The van der Waals surface area contributed by atoms with E-state index in [1.165, 1.54) is 5.39 Å². The van der Waals surface area contributed by atoms with Crippen molar-refractivity contribution in [2.45, 2.75) is 5.41 Å². The highest BCUT2D eigenvalue weighted by Gasteiger charge is 2.52. The van der Waals surface area contributed by atoms with Gasteiger partial charge in [-0.3, -0.25) is 4.90 Å². The molecule has 64 heavy (non-hydrogen) atoms. The number of fused-ring (bicyclic) bond motifs is 11. The van der Waals surface area contributed by atoms with Gasteiger partial charge < -0.3 is 9.30 Å². The Balaban J connectivity index is 1.22. The minimum absolute atomic E-state index is 0.584. The molecule has 11 aromatic rings. The van der Waals surface area contributed by atoms with Crippen molar-refractivity contribution in [3.8, 4) is 50.8 Å². The number of anilines is 3. The van der Waals surface area contributed by atoms with Gasteiger partial charge in [0.2, 0.25) is 5.95 Å². The Labute approximate surface area is 370 Å². The average Bonchev–Trinajstić information content (AvgIpc) is 3.70. The van der Waals surface area contributed by atoms with Gasteiger partial charge in [0.25, 0.3) is 0 Å². The van der Waals surface area contributed by atoms with Crippen LogP contribution < -0.4 is 9.64 Å². The first-order chi connectivity index (χ1) is 31.7. The lowest BCUT2D eigenvalue weighted by atomic mass is 9.60. The van der Waals surface area contributed by atoms with Crippen LogP contribution in [0, 0.1) is 0 Å². The largest absolute Gasteiger partial charge is 0.457 e. The molecule has 0 aliphatic carbocycles. The molecule has 5 heteroatoms. The molecule has 5 nitrogen and oxygen atoms in total. The minimum Gasteiger partial charge on any atom is -0.457 e. The molecule has 0 N–H and O–H groups in total. The summed E-state index contributed by atoms with van der Waals surface area (Å²) in [4.78, 5) is 13.4. The lowest BCUT2D eigenvalue weighted by molar-refractivity contribution is 0.434. The summed E-state index contributed by atoms with van der Waals surface area (Å²) < 4.78 is 9.26. The summed E-state index contributed by atoms with van der Waals surface area (Å²) in [6.07, 6.45) is 0. The maximum absolute atomic E-state index is 6.87. The molecule has 13 rings (SSSR count). The Bertz CT molecular complexity index is 3480. The van der Waals surface area contributed by atoms with E-state index < -0.39 is 5.41 Å². The molecule has 2 aliphatic rings. The van der Waals surface area contributed by atoms with Gasteiger partial charge in [-0.05, 0) is 82.9 Å².